The molecule has 74 heavy (non-hydrogen) atoms. The number of nitrogens with zero attached hydrogens (tertiary/aromatic N) is 5. The van der Waals surface area contributed by atoms with Crippen molar-refractivity contribution in [2.45, 2.75) is 90.4 Å². The molecule has 1 aliphatic rings. The maximum absolute atomic E-state index is 13.5. The van der Waals surface area contributed by atoms with E-state index in [1.165, 1.54) is 6.92 Å². The number of Topliss-reactive ketones (excluding diaryl/α,β-unsaturated/α-hetero) is 1. The second kappa shape index (κ2) is 32.9. The number of hydrogen-bond acceptors (Lipinski definition) is 14. The maximum atomic E-state index is 13.5. The highest BCUT2D eigenvalue weighted by atomic mass is 16.4. The Bertz CT molecular complexity index is 2160. The van der Waals surface area contributed by atoms with E-state index in [1.54, 1.807) is 43.9 Å². The topological polar surface area (TPSA) is 336 Å². The molecule has 1 saturated heterocycles. The lowest BCUT2D eigenvalue weighted by atomic mass is 10.1. The molecule has 408 valence electrons. The minimum Gasteiger partial charge on any atom is -0.481 e. The number of unbranched alkanes of at least 4 members (excludes halogenated alkanes) is 2. The van der Waals surface area contributed by atoms with Crippen LogP contribution < -0.4 is 21.3 Å². The van der Waals surface area contributed by atoms with E-state index >= 15 is 0 Å². The van der Waals surface area contributed by atoms with E-state index in [4.69, 9.17) is 5.11 Å². The van der Waals surface area contributed by atoms with Gasteiger partial charge >= 0.3 is 35.9 Å². The molecule has 0 bridgehead atoms. The van der Waals surface area contributed by atoms with Crippen molar-refractivity contribution in [2.75, 3.05) is 91.6 Å². The van der Waals surface area contributed by atoms with Crippen molar-refractivity contribution in [3.05, 3.63) is 70.8 Å². The van der Waals surface area contributed by atoms with Gasteiger partial charge in [-0.25, -0.2) is 9.59 Å². The average Bonchev–Trinajstić information content (AvgIpc) is 3.33. The fourth-order valence-electron chi connectivity index (χ4n) is 8.00. The van der Waals surface area contributed by atoms with Crippen LogP contribution in [0.25, 0.3) is 0 Å². The van der Waals surface area contributed by atoms with Crippen LogP contribution in [0.15, 0.2) is 48.5 Å². The largest absolute Gasteiger partial charge is 0.481 e. The molecule has 1 heterocycles. The predicted octanol–water partition coefficient (Wildman–Crippen LogP) is 0.761. The van der Waals surface area contributed by atoms with Gasteiger partial charge in [-0.3, -0.25) is 58.0 Å². The second-order valence-corrected chi connectivity index (χ2v) is 18.4. The number of amides is 5. The summed E-state index contributed by atoms with van der Waals surface area (Å²) < 4.78 is 0. The van der Waals surface area contributed by atoms with Crippen molar-refractivity contribution in [3.63, 3.8) is 0 Å². The molecule has 2 aromatic carbocycles. The van der Waals surface area contributed by atoms with E-state index in [0.717, 1.165) is 16.7 Å². The zero-order valence-corrected chi connectivity index (χ0v) is 42.3. The van der Waals surface area contributed by atoms with Crippen molar-refractivity contribution < 1.29 is 73.5 Å². The molecule has 2 aromatic rings. The molecule has 0 unspecified atom stereocenters. The Morgan fingerprint density at radius 3 is 1.54 bits per heavy atom. The summed E-state index contributed by atoms with van der Waals surface area (Å²) in [7, 11) is 0. The summed E-state index contributed by atoms with van der Waals surface area (Å²) in [5.74, 6) is -6.83. The Morgan fingerprint density at radius 1 is 0.554 bits per heavy atom. The standard InChI is InChI=1S/C50H73N9O15/c1-35-9-11-38(12-10-35)30-59(20-6-4-7-41(49(72)73)54-50(74)53-40(36(2)60)17-18-44(63)64)43(62)8-3-5-19-51-48(71)39-15-13-37(14-16-39)29-52-42(61)31-55-21-23-56(32-45(65)66)25-27-58(34-47(69)70)28-26-57(24-22-55)33-46(67)68/h9-16,40-41H,3-8,17-34H2,1-2H3,(H,51,71)(H,52,61)(H,63,64)(H,65,66)(H,67,68)(H,69,70)(H,72,73)(H2,53,54,74)/t40-,41-/m1/s1. The molecule has 24 nitrogen and oxygen atoms in total. The van der Waals surface area contributed by atoms with E-state index in [2.05, 4.69) is 21.3 Å². The third-order valence-electron chi connectivity index (χ3n) is 12.2. The summed E-state index contributed by atoms with van der Waals surface area (Å²) in [5, 5.41) is 57.5. The summed E-state index contributed by atoms with van der Waals surface area (Å²) in [5.41, 5.74) is 3.07. The molecule has 1 fully saturated rings. The molecular formula is C50H73N9O15. The molecule has 0 aromatic heterocycles. The smallest absolute Gasteiger partial charge is 0.326 e. The van der Waals surface area contributed by atoms with Crippen LogP contribution in [0, 0.1) is 6.92 Å². The number of benzene rings is 2. The first-order valence-corrected chi connectivity index (χ1v) is 24.7. The molecular weight excluding hydrogens is 967 g/mol. The maximum Gasteiger partial charge on any atom is 0.326 e. The normalized spacial score (nSPS) is 15.0. The molecule has 0 spiro atoms. The van der Waals surface area contributed by atoms with Crippen LogP contribution in [0.3, 0.4) is 0 Å². The Balaban J connectivity index is 1.48. The van der Waals surface area contributed by atoms with E-state index in [1.807, 2.05) is 36.1 Å². The van der Waals surface area contributed by atoms with Crippen molar-refractivity contribution in [3.8, 4) is 0 Å². The third kappa shape index (κ3) is 25.6. The number of carbonyl (C=O) groups is 10. The fourth-order valence-corrected chi connectivity index (χ4v) is 8.00. The van der Waals surface area contributed by atoms with Crippen LogP contribution >= 0.6 is 0 Å². The van der Waals surface area contributed by atoms with Crippen molar-refractivity contribution >= 4 is 59.4 Å². The lowest BCUT2D eigenvalue weighted by Crippen LogP contribution is -2.50. The van der Waals surface area contributed by atoms with Crippen molar-refractivity contribution in [2.24, 2.45) is 0 Å². The number of aryl methyl sites for hydroxylation is 1. The van der Waals surface area contributed by atoms with Gasteiger partial charge in [0.05, 0.1) is 32.2 Å². The van der Waals surface area contributed by atoms with Crippen LogP contribution in [0.5, 0.6) is 0 Å². The number of carbonyl (C=O) groups excluding carboxylic acids is 5. The highest BCUT2D eigenvalue weighted by Crippen LogP contribution is 2.13. The zero-order valence-electron chi connectivity index (χ0n) is 42.3. The number of urea groups is 1. The van der Waals surface area contributed by atoms with Crippen LogP contribution in [-0.2, 0) is 51.4 Å². The molecule has 0 radical (unpaired) electrons. The first-order chi connectivity index (χ1) is 35.2. The van der Waals surface area contributed by atoms with Gasteiger partial charge in [0.25, 0.3) is 5.91 Å². The number of hydrogen-bond donors (Lipinski definition) is 9. The first kappa shape index (κ1) is 61.3. The van der Waals surface area contributed by atoms with Crippen LogP contribution in [0.4, 0.5) is 4.79 Å². The third-order valence-corrected chi connectivity index (χ3v) is 12.2. The van der Waals surface area contributed by atoms with Crippen LogP contribution in [0.1, 0.15) is 85.3 Å². The molecule has 9 N–H and O–H groups in total. The summed E-state index contributed by atoms with van der Waals surface area (Å²) in [6.07, 6.45) is 1.46. The molecule has 0 aliphatic carbocycles. The van der Waals surface area contributed by atoms with E-state index in [-0.39, 0.29) is 115 Å². The van der Waals surface area contributed by atoms with Gasteiger partial charge in [-0.05, 0) is 75.6 Å². The lowest BCUT2D eigenvalue weighted by molar-refractivity contribution is -0.140. The van der Waals surface area contributed by atoms with Gasteiger partial charge in [0.1, 0.15) is 6.04 Å². The van der Waals surface area contributed by atoms with Gasteiger partial charge in [-0.2, -0.15) is 0 Å². The monoisotopic (exact) mass is 1040 g/mol. The number of ketones is 1. The molecule has 5 amide bonds. The summed E-state index contributed by atoms with van der Waals surface area (Å²) in [4.78, 5) is 130. The highest BCUT2D eigenvalue weighted by molar-refractivity contribution is 5.94. The summed E-state index contributed by atoms with van der Waals surface area (Å²) in [6.45, 7) is 5.51. The number of aliphatic carboxylic acids is 5. The quantitative estimate of drug-likeness (QED) is 0.0488. The van der Waals surface area contributed by atoms with Crippen LogP contribution in [-0.4, -0.2) is 213 Å². The van der Waals surface area contributed by atoms with Gasteiger partial charge in [0, 0.05) is 96.9 Å². The SMILES string of the molecule is CC(=O)[C@@H](CCC(=O)O)NC(=O)N[C@H](CCCCN(Cc1ccc(C)cc1)C(=O)CCCCNC(=O)c1ccc(CNC(=O)CN2CCN(CC(=O)O)CCN(CC(=O)O)CCN(CC(=O)O)CC2)cc1)C(=O)O. The summed E-state index contributed by atoms with van der Waals surface area (Å²) in [6, 6.07) is 11.1. The molecule has 24 heteroatoms. The van der Waals surface area contributed by atoms with Gasteiger partial charge < -0.3 is 51.7 Å². The fraction of sp³-hybridized carbons (Fsp3) is 0.560. The molecule has 1 aliphatic heterocycles. The van der Waals surface area contributed by atoms with E-state index in [0.29, 0.717) is 64.0 Å². The Kier molecular flexibility index (Phi) is 27.3. The van der Waals surface area contributed by atoms with Gasteiger partial charge in [0.15, 0.2) is 5.78 Å². The highest BCUT2D eigenvalue weighted by Gasteiger charge is 2.25. The predicted molar refractivity (Wildman–Crippen MR) is 268 cm³/mol. The first-order valence-electron chi connectivity index (χ1n) is 24.7. The molecule has 2 atom stereocenters. The Labute approximate surface area is 430 Å². The number of rotatable bonds is 30. The van der Waals surface area contributed by atoms with Crippen molar-refractivity contribution in [1.29, 1.82) is 0 Å². The average molecular weight is 1040 g/mol. The lowest BCUT2D eigenvalue weighted by Gasteiger charge is -2.32. The molecule has 3 rings (SSSR count). The minimum atomic E-state index is -1.29. The van der Waals surface area contributed by atoms with Crippen LogP contribution in [0.2, 0.25) is 0 Å². The summed E-state index contributed by atoms with van der Waals surface area (Å²) >= 11 is 0. The Morgan fingerprint density at radius 2 is 1.05 bits per heavy atom. The Hall–Kier alpha value is -7.02. The van der Waals surface area contributed by atoms with Gasteiger partial charge in [-0.15, -0.1) is 0 Å². The van der Waals surface area contributed by atoms with E-state index in [9.17, 15) is 68.4 Å². The second-order valence-electron chi connectivity index (χ2n) is 18.4. The van der Waals surface area contributed by atoms with Gasteiger partial charge in [0.2, 0.25) is 11.8 Å². The minimum absolute atomic E-state index is 0.0348. The van der Waals surface area contributed by atoms with Crippen molar-refractivity contribution in [1.82, 2.24) is 45.8 Å². The number of carboxylic acids is 5. The van der Waals surface area contributed by atoms with Gasteiger partial charge in [-0.1, -0.05) is 42.0 Å². The number of nitrogens with one attached hydrogen (secondary N) is 4. The zero-order chi connectivity index (χ0) is 54.6. The van der Waals surface area contributed by atoms with E-state index < -0.39 is 53.7 Å². The number of carboxylic acid groups (broad SMARTS) is 5. The molecule has 0 saturated carbocycles.